The summed E-state index contributed by atoms with van der Waals surface area (Å²) in [5.74, 6) is -0.366. The third-order valence-corrected chi connectivity index (χ3v) is 3.13. The molecule has 0 radical (unpaired) electrons. The Kier molecular flexibility index (Phi) is 5.15. The van der Waals surface area contributed by atoms with Crippen molar-refractivity contribution < 1.29 is 9.59 Å². The standard InChI is InChI=1S/C12H13BrClNO2/c1-7(2)11(16)6-15-12(17)9-4-3-8(14)5-10(9)13/h3-5,7H,6H2,1-2H3,(H,15,17). The molecule has 1 aromatic rings. The van der Waals surface area contributed by atoms with Gasteiger partial charge in [0.05, 0.1) is 12.1 Å². The molecule has 0 unspecified atom stereocenters. The van der Waals surface area contributed by atoms with Crippen molar-refractivity contribution in [3.63, 3.8) is 0 Å². The zero-order chi connectivity index (χ0) is 13.0. The average molecular weight is 319 g/mol. The van der Waals surface area contributed by atoms with Gasteiger partial charge in [0, 0.05) is 15.4 Å². The summed E-state index contributed by atoms with van der Waals surface area (Å²) < 4.78 is 0.611. The number of amides is 1. The lowest BCUT2D eigenvalue weighted by molar-refractivity contribution is -0.120. The largest absolute Gasteiger partial charge is 0.345 e. The normalized spacial score (nSPS) is 10.4. The van der Waals surface area contributed by atoms with Gasteiger partial charge in [-0.25, -0.2) is 0 Å². The Labute approximate surface area is 114 Å². The average Bonchev–Trinajstić information content (AvgIpc) is 2.25. The van der Waals surface area contributed by atoms with Crippen LogP contribution >= 0.6 is 27.5 Å². The zero-order valence-electron chi connectivity index (χ0n) is 9.59. The molecule has 0 aliphatic heterocycles. The maximum Gasteiger partial charge on any atom is 0.252 e. The molecule has 0 spiro atoms. The topological polar surface area (TPSA) is 46.2 Å². The quantitative estimate of drug-likeness (QED) is 0.927. The highest BCUT2D eigenvalue weighted by atomic mass is 79.9. The summed E-state index contributed by atoms with van der Waals surface area (Å²) in [5.41, 5.74) is 0.464. The first kappa shape index (κ1) is 14.2. The second kappa shape index (κ2) is 6.17. The predicted molar refractivity (Wildman–Crippen MR) is 71.3 cm³/mol. The number of hydrogen-bond acceptors (Lipinski definition) is 2. The number of hydrogen-bond donors (Lipinski definition) is 1. The first-order valence-electron chi connectivity index (χ1n) is 5.17. The number of benzene rings is 1. The van der Waals surface area contributed by atoms with Crippen molar-refractivity contribution in [3.8, 4) is 0 Å². The minimum atomic E-state index is -0.289. The van der Waals surface area contributed by atoms with Crippen LogP contribution in [-0.2, 0) is 4.79 Å². The second-order valence-corrected chi connectivity index (χ2v) is 5.22. The van der Waals surface area contributed by atoms with Gasteiger partial charge in [0.2, 0.25) is 0 Å². The van der Waals surface area contributed by atoms with Crippen LogP contribution in [0.5, 0.6) is 0 Å². The van der Waals surface area contributed by atoms with E-state index in [4.69, 9.17) is 11.6 Å². The molecule has 17 heavy (non-hydrogen) atoms. The van der Waals surface area contributed by atoms with E-state index in [2.05, 4.69) is 21.2 Å². The van der Waals surface area contributed by atoms with Crippen LogP contribution in [0.3, 0.4) is 0 Å². The first-order chi connectivity index (χ1) is 7.91. The number of carbonyl (C=O) groups excluding carboxylic acids is 2. The highest BCUT2D eigenvalue weighted by Crippen LogP contribution is 2.21. The number of carbonyl (C=O) groups is 2. The van der Waals surface area contributed by atoms with Crippen molar-refractivity contribution in [1.82, 2.24) is 5.32 Å². The van der Waals surface area contributed by atoms with Crippen LogP contribution in [0.2, 0.25) is 5.02 Å². The van der Waals surface area contributed by atoms with E-state index in [0.29, 0.717) is 15.1 Å². The molecule has 3 nitrogen and oxygen atoms in total. The monoisotopic (exact) mass is 317 g/mol. The third-order valence-electron chi connectivity index (χ3n) is 2.24. The summed E-state index contributed by atoms with van der Waals surface area (Å²) in [6.07, 6.45) is 0. The van der Waals surface area contributed by atoms with E-state index < -0.39 is 0 Å². The molecule has 1 N–H and O–H groups in total. The fourth-order valence-electron chi connectivity index (χ4n) is 1.14. The van der Waals surface area contributed by atoms with Crippen LogP contribution in [-0.4, -0.2) is 18.2 Å². The van der Waals surface area contributed by atoms with E-state index in [9.17, 15) is 9.59 Å². The Morgan fingerprint density at radius 3 is 2.59 bits per heavy atom. The van der Waals surface area contributed by atoms with Crippen molar-refractivity contribution in [1.29, 1.82) is 0 Å². The number of halogens is 2. The maximum atomic E-state index is 11.8. The fourth-order valence-corrected chi connectivity index (χ4v) is 2.00. The molecule has 0 heterocycles. The lowest BCUT2D eigenvalue weighted by Crippen LogP contribution is -2.31. The van der Waals surface area contributed by atoms with E-state index in [-0.39, 0.29) is 24.2 Å². The van der Waals surface area contributed by atoms with Crippen LogP contribution in [0.1, 0.15) is 24.2 Å². The summed E-state index contributed by atoms with van der Waals surface area (Å²) in [6, 6.07) is 4.88. The van der Waals surface area contributed by atoms with Crippen LogP contribution in [0, 0.1) is 5.92 Å². The molecular weight excluding hydrogens is 305 g/mol. The Morgan fingerprint density at radius 2 is 2.06 bits per heavy atom. The lowest BCUT2D eigenvalue weighted by atomic mass is 10.1. The Morgan fingerprint density at radius 1 is 1.41 bits per heavy atom. The molecule has 0 aliphatic rings. The van der Waals surface area contributed by atoms with Gasteiger partial charge in [-0.2, -0.15) is 0 Å². The van der Waals surface area contributed by atoms with E-state index >= 15 is 0 Å². The maximum absolute atomic E-state index is 11.8. The number of ketones is 1. The molecule has 1 amide bonds. The Balaban J connectivity index is 2.68. The molecule has 0 bridgehead atoms. The Bertz CT molecular complexity index is 446. The molecule has 0 atom stereocenters. The van der Waals surface area contributed by atoms with Crippen LogP contribution in [0.25, 0.3) is 0 Å². The van der Waals surface area contributed by atoms with Gasteiger partial charge < -0.3 is 5.32 Å². The minimum Gasteiger partial charge on any atom is -0.345 e. The van der Waals surface area contributed by atoms with Gasteiger partial charge in [-0.15, -0.1) is 0 Å². The van der Waals surface area contributed by atoms with E-state index in [1.54, 1.807) is 32.0 Å². The van der Waals surface area contributed by atoms with Crippen LogP contribution in [0.4, 0.5) is 0 Å². The van der Waals surface area contributed by atoms with E-state index in [0.717, 1.165) is 0 Å². The van der Waals surface area contributed by atoms with Gasteiger partial charge in [-0.1, -0.05) is 25.4 Å². The minimum absolute atomic E-state index is 0.00318. The van der Waals surface area contributed by atoms with E-state index in [1.165, 1.54) is 0 Å². The number of rotatable bonds is 4. The highest BCUT2D eigenvalue weighted by Gasteiger charge is 2.13. The third kappa shape index (κ3) is 4.13. The lowest BCUT2D eigenvalue weighted by Gasteiger charge is -2.08. The van der Waals surface area contributed by atoms with Crippen LogP contribution in [0.15, 0.2) is 22.7 Å². The molecule has 0 aromatic heterocycles. The van der Waals surface area contributed by atoms with Gasteiger partial charge in [0.1, 0.15) is 0 Å². The summed E-state index contributed by atoms with van der Waals surface area (Å²) in [7, 11) is 0. The molecule has 5 heteroatoms. The SMILES string of the molecule is CC(C)C(=O)CNC(=O)c1ccc(Cl)cc1Br. The molecule has 1 rings (SSSR count). The Hall–Kier alpha value is -0.870. The molecule has 92 valence electrons. The van der Waals surface area contributed by atoms with Crippen molar-refractivity contribution in [2.24, 2.45) is 5.92 Å². The molecule has 0 saturated carbocycles. The first-order valence-corrected chi connectivity index (χ1v) is 6.35. The smallest absolute Gasteiger partial charge is 0.252 e. The van der Waals surface area contributed by atoms with Crippen molar-refractivity contribution in [2.45, 2.75) is 13.8 Å². The highest BCUT2D eigenvalue weighted by molar-refractivity contribution is 9.10. The van der Waals surface area contributed by atoms with Gasteiger partial charge in [0.15, 0.2) is 5.78 Å². The number of Topliss-reactive ketones (excluding diaryl/α,β-unsaturated/α-hetero) is 1. The molecule has 1 aromatic carbocycles. The van der Waals surface area contributed by atoms with E-state index in [1.807, 2.05) is 0 Å². The molecule has 0 fully saturated rings. The zero-order valence-corrected chi connectivity index (χ0v) is 11.9. The van der Waals surface area contributed by atoms with Gasteiger partial charge in [-0.3, -0.25) is 9.59 Å². The summed E-state index contributed by atoms with van der Waals surface area (Å²) in [5, 5.41) is 3.13. The predicted octanol–water partition coefficient (Wildman–Crippen LogP) is 3.06. The summed E-state index contributed by atoms with van der Waals surface area (Å²) >= 11 is 9.03. The molecule has 0 aliphatic carbocycles. The van der Waals surface area contributed by atoms with Crippen LogP contribution < -0.4 is 5.32 Å². The van der Waals surface area contributed by atoms with Gasteiger partial charge in [-0.05, 0) is 34.1 Å². The van der Waals surface area contributed by atoms with Crippen molar-refractivity contribution in [3.05, 3.63) is 33.3 Å². The fraction of sp³-hybridized carbons (Fsp3) is 0.333. The molecular formula is C12H13BrClNO2. The van der Waals surface area contributed by atoms with Crippen molar-refractivity contribution >= 4 is 39.2 Å². The molecule has 0 saturated heterocycles. The van der Waals surface area contributed by atoms with Crippen molar-refractivity contribution in [2.75, 3.05) is 6.54 Å². The second-order valence-electron chi connectivity index (χ2n) is 3.93. The number of nitrogens with one attached hydrogen (secondary N) is 1. The summed E-state index contributed by atoms with van der Waals surface area (Å²) in [4.78, 5) is 23.1. The summed E-state index contributed by atoms with van der Waals surface area (Å²) in [6.45, 7) is 3.64. The van der Waals surface area contributed by atoms with Gasteiger partial charge in [0.25, 0.3) is 5.91 Å². The van der Waals surface area contributed by atoms with Gasteiger partial charge >= 0.3 is 0 Å².